The molecule has 3 nitrogen and oxygen atoms in total. The predicted molar refractivity (Wildman–Crippen MR) is 61.6 cm³/mol. The molecule has 8 heteroatoms. The first-order chi connectivity index (χ1) is 6.60. The van der Waals surface area contributed by atoms with E-state index in [4.69, 9.17) is 46.4 Å². The maximum absolute atomic E-state index is 11.2. The Bertz CT molecular complexity index is 480. The Labute approximate surface area is 107 Å². The summed E-state index contributed by atoms with van der Waals surface area (Å²) in [5.41, 5.74) is -0.0274. The highest BCUT2D eigenvalue weighted by Gasteiger charge is 2.26. The standard InChI is InChI=1S/C7H5Cl4NO2S/c1-15(13,14)4-2-5(7(9,10)11)12-6(8)3-4/h2-3H,1H3. The van der Waals surface area contributed by atoms with Crippen molar-refractivity contribution in [2.24, 2.45) is 0 Å². The number of aromatic nitrogens is 1. The van der Waals surface area contributed by atoms with E-state index >= 15 is 0 Å². The van der Waals surface area contributed by atoms with Crippen LogP contribution in [0.1, 0.15) is 5.69 Å². The molecule has 0 amide bonds. The molecule has 0 saturated carbocycles. The van der Waals surface area contributed by atoms with Crippen LogP contribution in [0.4, 0.5) is 0 Å². The van der Waals surface area contributed by atoms with Gasteiger partial charge in [0.2, 0.25) is 3.79 Å². The van der Waals surface area contributed by atoms with Gasteiger partial charge in [-0.05, 0) is 12.1 Å². The summed E-state index contributed by atoms with van der Waals surface area (Å²) in [4.78, 5) is 3.69. The summed E-state index contributed by atoms with van der Waals surface area (Å²) in [6.07, 6.45) is 1.03. The van der Waals surface area contributed by atoms with Crippen LogP contribution in [0.25, 0.3) is 0 Å². The summed E-state index contributed by atoms with van der Waals surface area (Å²) in [7, 11) is -3.41. The Balaban J connectivity index is 3.43. The summed E-state index contributed by atoms with van der Waals surface area (Å²) in [5, 5.41) is -0.0424. The zero-order valence-corrected chi connectivity index (χ0v) is 11.2. The molecule has 0 aromatic carbocycles. The van der Waals surface area contributed by atoms with Crippen LogP contribution in [0.5, 0.6) is 0 Å². The molecule has 15 heavy (non-hydrogen) atoms. The first-order valence-corrected chi connectivity index (χ1v) is 6.96. The molecule has 0 aliphatic rings. The number of nitrogens with zero attached hydrogens (tertiary/aromatic N) is 1. The van der Waals surface area contributed by atoms with E-state index in [1.807, 2.05) is 0 Å². The summed E-state index contributed by atoms with van der Waals surface area (Å²) in [6.45, 7) is 0. The van der Waals surface area contributed by atoms with Gasteiger partial charge in [-0.15, -0.1) is 0 Å². The smallest absolute Gasteiger partial charge is 0.232 e. The molecule has 1 rings (SSSR count). The third-order valence-corrected chi connectivity index (χ3v) is 3.35. The molecule has 84 valence electrons. The fraction of sp³-hybridized carbons (Fsp3) is 0.286. The molecule has 0 spiro atoms. The molecule has 0 bridgehead atoms. The number of pyridine rings is 1. The van der Waals surface area contributed by atoms with Gasteiger partial charge >= 0.3 is 0 Å². The zero-order valence-electron chi connectivity index (χ0n) is 7.34. The minimum Gasteiger partial charge on any atom is -0.237 e. The summed E-state index contributed by atoms with van der Waals surface area (Å²) < 4.78 is 20.7. The van der Waals surface area contributed by atoms with Gasteiger partial charge in [-0.1, -0.05) is 46.4 Å². The van der Waals surface area contributed by atoms with Gasteiger partial charge in [0, 0.05) is 6.26 Å². The van der Waals surface area contributed by atoms with Gasteiger partial charge in [0.15, 0.2) is 9.84 Å². The highest BCUT2D eigenvalue weighted by molar-refractivity contribution is 7.90. The Morgan fingerprint density at radius 3 is 2.20 bits per heavy atom. The maximum Gasteiger partial charge on any atom is 0.232 e. The van der Waals surface area contributed by atoms with Crippen molar-refractivity contribution in [2.75, 3.05) is 6.26 Å². The van der Waals surface area contributed by atoms with Crippen LogP contribution in [0.2, 0.25) is 5.15 Å². The third-order valence-electron chi connectivity index (χ3n) is 1.49. The molecule has 1 heterocycles. The highest BCUT2D eigenvalue weighted by atomic mass is 35.6. The fourth-order valence-electron chi connectivity index (χ4n) is 0.833. The number of hydrogen-bond acceptors (Lipinski definition) is 3. The molecule has 0 aliphatic heterocycles. The molecule has 0 unspecified atom stereocenters. The van der Waals surface area contributed by atoms with Gasteiger partial charge in [0.1, 0.15) is 5.15 Å². The molecule has 1 aromatic heterocycles. The van der Waals surface area contributed by atoms with Crippen LogP contribution in [0.3, 0.4) is 0 Å². The van der Waals surface area contributed by atoms with Crippen molar-refractivity contribution in [1.29, 1.82) is 0 Å². The van der Waals surface area contributed by atoms with E-state index in [-0.39, 0.29) is 15.7 Å². The van der Waals surface area contributed by atoms with E-state index in [0.717, 1.165) is 6.26 Å². The van der Waals surface area contributed by atoms with Crippen LogP contribution < -0.4 is 0 Å². The van der Waals surface area contributed by atoms with Gasteiger partial charge in [-0.25, -0.2) is 13.4 Å². The van der Waals surface area contributed by atoms with Crippen LogP contribution >= 0.6 is 46.4 Å². The topological polar surface area (TPSA) is 47.0 Å². The lowest BCUT2D eigenvalue weighted by Crippen LogP contribution is -2.07. The second-order valence-corrected chi connectivity index (χ2v) is 7.46. The Hall–Kier alpha value is 0.260. The predicted octanol–water partition coefficient (Wildman–Crippen LogP) is 2.97. The SMILES string of the molecule is CS(=O)(=O)c1cc(Cl)nc(C(Cl)(Cl)Cl)c1. The Morgan fingerprint density at radius 1 is 1.27 bits per heavy atom. The lowest BCUT2D eigenvalue weighted by atomic mass is 10.4. The molecule has 1 aromatic rings. The first-order valence-electron chi connectivity index (χ1n) is 3.55. The van der Waals surface area contributed by atoms with E-state index in [1.54, 1.807) is 0 Å². The van der Waals surface area contributed by atoms with Crippen LogP contribution in [-0.2, 0) is 13.6 Å². The molecule has 0 aliphatic carbocycles. The number of halogens is 4. The quantitative estimate of drug-likeness (QED) is 0.592. The second kappa shape index (κ2) is 4.26. The molecule has 0 atom stereocenters. The lowest BCUT2D eigenvalue weighted by molar-refractivity contribution is 0.601. The van der Waals surface area contributed by atoms with Crippen LogP contribution in [0, 0.1) is 0 Å². The van der Waals surface area contributed by atoms with E-state index in [9.17, 15) is 8.42 Å². The van der Waals surface area contributed by atoms with Crippen molar-refractivity contribution in [3.05, 3.63) is 23.0 Å². The summed E-state index contributed by atoms with van der Waals surface area (Å²) >= 11 is 22.3. The van der Waals surface area contributed by atoms with Crippen LogP contribution in [-0.4, -0.2) is 19.7 Å². The Morgan fingerprint density at radius 2 is 1.80 bits per heavy atom. The number of alkyl halides is 3. The van der Waals surface area contributed by atoms with Gasteiger partial charge in [-0.2, -0.15) is 0 Å². The average Bonchev–Trinajstić information content (AvgIpc) is 1.99. The highest BCUT2D eigenvalue weighted by Crippen LogP contribution is 2.38. The fourth-order valence-corrected chi connectivity index (χ4v) is 2.05. The minimum atomic E-state index is -3.41. The van der Waals surface area contributed by atoms with Crippen molar-refractivity contribution in [1.82, 2.24) is 4.98 Å². The summed E-state index contributed by atoms with van der Waals surface area (Å²) in [6, 6.07) is 2.37. The third kappa shape index (κ3) is 3.64. The minimum absolute atomic E-state index is 0.0274. The van der Waals surface area contributed by atoms with Crippen molar-refractivity contribution >= 4 is 56.2 Å². The lowest BCUT2D eigenvalue weighted by Gasteiger charge is -2.11. The number of rotatable bonds is 1. The largest absolute Gasteiger partial charge is 0.237 e. The first kappa shape index (κ1) is 13.3. The van der Waals surface area contributed by atoms with E-state index in [2.05, 4.69) is 4.98 Å². The van der Waals surface area contributed by atoms with E-state index < -0.39 is 13.6 Å². The second-order valence-electron chi connectivity index (χ2n) is 2.78. The van der Waals surface area contributed by atoms with E-state index in [1.165, 1.54) is 12.1 Å². The monoisotopic (exact) mass is 307 g/mol. The molecular weight excluding hydrogens is 304 g/mol. The average molecular weight is 309 g/mol. The Kier molecular flexibility index (Phi) is 3.78. The van der Waals surface area contributed by atoms with Gasteiger partial charge in [-0.3, -0.25) is 0 Å². The maximum atomic E-state index is 11.2. The molecule has 0 fully saturated rings. The normalized spacial score (nSPS) is 12.9. The number of hydrogen-bond donors (Lipinski definition) is 0. The molecule has 0 radical (unpaired) electrons. The molecule has 0 N–H and O–H groups in total. The number of sulfone groups is 1. The van der Waals surface area contributed by atoms with E-state index in [0.29, 0.717) is 0 Å². The summed E-state index contributed by atoms with van der Waals surface area (Å²) in [5.74, 6) is 0. The van der Waals surface area contributed by atoms with Crippen molar-refractivity contribution in [2.45, 2.75) is 8.69 Å². The van der Waals surface area contributed by atoms with Crippen LogP contribution in [0.15, 0.2) is 17.0 Å². The van der Waals surface area contributed by atoms with Gasteiger partial charge < -0.3 is 0 Å². The van der Waals surface area contributed by atoms with Gasteiger partial charge in [0.05, 0.1) is 10.6 Å². The zero-order chi connectivity index (χ0) is 11.9. The van der Waals surface area contributed by atoms with Gasteiger partial charge in [0.25, 0.3) is 0 Å². The molecule has 0 saturated heterocycles. The van der Waals surface area contributed by atoms with Crippen molar-refractivity contribution in [3.63, 3.8) is 0 Å². The van der Waals surface area contributed by atoms with Crippen molar-refractivity contribution in [3.8, 4) is 0 Å². The molecular formula is C7H5Cl4NO2S. The van der Waals surface area contributed by atoms with Crippen molar-refractivity contribution < 1.29 is 8.42 Å².